The monoisotopic (exact) mass is 476 g/mol. The summed E-state index contributed by atoms with van der Waals surface area (Å²) in [4.78, 5) is 11.5. The first-order chi connectivity index (χ1) is 16.1. The molecule has 0 amide bonds. The molecule has 0 aliphatic carbocycles. The fourth-order valence-electron chi connectivity index (χ4n) is 4.32. The SMILES string of the molecule is [B]c1cnn2c(NCc3cccnc3)cc(C3CCN(Cc4cc(Cl)ccc4Cl)CC3)nc12. The molecule has 2 radical (unpaired) electrons. The first-order valence-electron chi connectivity index (χ1n) is 11.0. The van der Waals surface area contributed by atoms with E-state index in [1.165, 1.54) is 0 Å². The van der Waals surface area contributed by atoms with Crippen molar-refractivity contribution in [1.29, 1.82) is 0 Å². The molecule has 166 valence electrons. The predicted octanol–water partition coefficient (Wildman–Crippen LogP) is 4.22. The first-order valence-corrected chi connectivity index (χ1v) is 11.8. The molecular weight excluding hydrogens is 454 g/mol. The number of aromatic nitrogens is 4. The summed E-state index contributed by atoms with van der Waals surface area (Å²) in [5.74, 6) is 1.23. The second-order valence-corrected chi connectivity index (χ2v) is 9.25. The molecule has 1 aliphatic heterocycles. The van der Waals surface area contributed by atoms with Crippen molar-refractivity contribution in [3.05, 3.63) is 81.9 Å². The van der Waals surface area contributed by atoms with E-state index in [1.54, 1.807) is 16.9 Å². The van der Waals surface area contributed by atoms with Crippen molar-refractivity contribution in [2.45, 2.75) is 31.8 Å². The average molecular weight is 477 g/mol. The molecule has 0 unspecified atom stereocenters. The van der Waals surface area contributed by atoms with Gasteiger partial charge in [0.25, 0.3) is 0 Å². The van der Waals surface area contributed by atoms with E-state index >= 15 is 0 Å². The molecular formula is C24H23BCl2N6. The molecule has 1 aliphatic rings. The number of likely N-dealkylation sites (tertiary alicyclic amines) is 1. The van der Waals surface area contributed by atoms with Crippen LogP contribution in [0.1, 0.15) is 35.6 Å². The number of hydrogen-bond acceptors (Lipinski definition) is 5. The van der Waals surface area contributed by atoms with Crippen LogP contribution in [0.15, 0.2) is 55.0 Å². The maximum atomic E-state index is 6.36. The van der Waals surface area contributed by atoms with Crippen LogP contribution >= 0.6 is 23.2 Å². The molecule has 0 bridgehead atoms. The minimum atomic E-state index is 0.356. The zero-order valence-electron chi connectivity index (χ0n) is 18.1. The van der Waals surface area contributed by atoms with Crippen LogP contribution in [0.4, 0.5) is 5.82 Å². The number of piperidine rings is 1. The van der Waals surface area contributed by atoms with E-state index in [1.807, 2.05) is 36.5 Å². The molecule has 4 aromatic rings. The summed E-state index contributed by atoms with van der Waals surface area (Å²) in [6, 6.07) is 11.7. The van der Waals surface area contributed by atoms with Gasteiger partial charge in [0, 0.05) is 59.4 Å². The number of fused-ring (bicyclic) bond motifs is 1. The normalized spacial score (nSPS) is 15.2. The van der Waals surface area contributed by atoms with Gasteiger partial charge in [0.2, 0.25) is 0 Å². The number of anilines is 1. The van der Waals surface area contributed by atoms with Gasteiger partial charge >= 0.3 is 0 Å². The molecule has 0 atom stereocenters. The summed E-state index contributed by atoms with van der Waals surface area (Å²) in [6.07, 6.45) is 7.30. The Labute approximate surface area is 204 Å². The fourth-order valence-corrected chi connectivity index (χ4v) is 4.69. The van der Waals surface area contributed by atoms with Crippen LogP contribution in [0.3, 0.4) is 0 Å². The zero-order chi connectivity index (χ0) is 22.8. The fraction of sp³-hybridized carbons (Fsp3) is 0.292. The number of hydrogen-bond donors (Lipinski definition) is 1. The highest BCUT2D eigenvalue weighted by atomic mass is 35.5. The smallest absolute Gasteiger partial charge is 0.150 e. The number of nitrogens with zero attached hydrogens (tertiary/aromatic N) is 5. The summed E-state index contributed by atoms with van der Waals surface area (Å²) < 4.78 is 1.77. The Morgan fingerprint density at radius 1 is 1.09 bits per heavy atom. The minimum Gasteiger partial charge on any atom is -0.366 e. The van der Waals surface area contributed by atoms with E-state index in [0.717, 1.165) is 60.1 Å². The standard InChI is InChI=1S/C24H23BCl2N6/c25-20-14-30-33-23(29-13-16-2-1-7-28-12-16)11-22(31-24(20)33)17-5-8-32(9-6-17)15-18-10-19(26)3-4-21(18)27/h1-4,7,10-12,14,17,29H,5-6,8-9,13,15H2. The van der Waals surface area contributed by atoms with Gasteiger partial charge in [0.1, 0.15) is 19.3 Å². The summed E-state index contributed by atoms with van der Waals surface area (Å²) in [5, 5.41) is 9.36. The lowest BCUT2D eigenvalue weighted by Gasteiger charge is -2.32. The van der Waals surface area contributed by atoms with Crippen LogP contribution < -0.4 is 10.8 Å². The van der Waals surface area contributed by atoms with Crippen molar-refractivity contribution in [2.24, 2.45) is 0 Å². The van der Waals surface area contributed by atoms with Gasteiger partial charge in [-0.1, -0.05) is 29.3 Å². The van der Waals surface area contributed by atoms with E-state index in [9.17, 15) is 0 Å². The Morgan fingerprint density at radius 3 is 2.73 bits per heavy atom. The third kappa shape index (κ3) is 5.00. The van der Waals surface area contributed by atoms with Crippen molar-refractivity contribution >= 4 is 48.0 Å². The molecule has 1 fully saturated rings. The van der Waals surface area contributed by atoms with Crippen molar-refractivity contribution in [3.8, 4) is 0 Å². The zero-order valence-corrected chi connectivity index (χ0v) is 19.6. The van der Waals surface area contributed by atoms with Crippen LogP contribution in [-0.2, 0) is 13.1 Å². The van der Waals surface area contributed by atoms with Gasteiger partial charge in [-0.2, -0.15) is 9.61 Å². The van der Waals surface area contributed by atoms with E-state index in [-0.39, 0.29) is 0 Å². The third-order valence-corrected chi connectivity index (χ3v) is 6.73. The van der Waals surface area contributed by atoms with Crippen molar-refractivity contribution < 1.29 is 0 Å². The number of halogens is 2. The highest BCUT2D eigenvalue weighted by Crippen LogP contribution is 2.30. The molecule has 0 saturated carbocycles. The predicted molar refractivity (Wildman–Crippen MR) is 134 cm³/mol. The molecule has 3 aromatic heterocycles. The molecule has 6 nitrogen and oxygen atoms in total. The maximum absolute atomic E-state index is 6.36. The van der Waals surface area contributed by atoms with Gasteiger partial charge < -0.3 is 5.32 Å². The topological polar surface area (TPSA) is 58.4 Å². The lowest BCUT2D eigenvalue weighted by molar-refractivity contribution is 0.203. The Balaban J connectivity index is 1.31. The Bertz CT molecular complexity index is 1250. The van der Waals surface area contributed by atoms with Crippen LogP contribution in [0, 0.1) is 0 Å². The molecule has 1 aromatic carbocycles. The highest BCUT2D eigenvalue weighted by molar-refractivity contribution is 6.36. The van der Waals surface area contributed by atoms with Gasteiger partial charge in [-0.3, -0.25) is 9.88 Å². The number of pyridine rings is 1. The van der Waals surface area contributed by atoms with Gasteiger partial charge in [-0.25, -0.2) is 4.98 Å². The summed E-state index contributed by atoms with van der Waals surface area (Å²) >= 11 is 12.5. The lowest BCUT2D eigenvalue weighted by Crippen LogP contribution is -2.33. The number of rotatable bonds is 6. The van der Waals surface area contributed by atoms with Crippen LogP contribution in [0.5, 0.6) is 0 Å². The molecule has 1 N–H and O–H groups in total. The first kappa shape index (κ1) is 22.2. The third-order valence-electron chi connectivity index (χ3n) is 6.12. The van der Waals surface area contributed by atoms with E-state index in [0.29, 0.717) is 28.6 Å². The Morgan fingerprint density at radius 2 is 1.94 bits per heavy atom. The highest BCUT2D eigenvalue weighted by Gasteiger charge is 2.24. The molecule has 4 heterocycles. The summed E-state index contributed by atoms with van der Waals surface area (Å²) in [5.41, 5.74) is 4.47. The van der Waals surface area contributed by atoms with Crippen LogP contribution in [0.2, 0.25) is 10.0 Å². The van der Waals surface area contributed by atoms with Crippen molar-refractivity contribution in [2.75, 3.05) is 18.4 Å². The van der Waals surface area contributed by atoms with E-state index in [4.69, 9.17) is 36.0 Å². The van der Waals surface area contributed by atoms with Crippen LogP contribution in [0.25, 0.3) is 5.65 Å². The number of nitrogens with one attached hydrogen (secondary N) is 1. The van der Waals surface area contributed by atoms with Gasteiger partial charge in [0.15, 0.2) is 0 Å². The lowest BCUT2D eigenvalue weighted by atomic mass is 9.92. The number of benzene rings is 1. The van der Waals surface area contributed by atoms with Crippen molar-refractivity contribution in [3.63, 3.8) is 0 Å². The molecule has 0 spiro atoms. The average Bonchev–Trinajstić information content (AvgIpc) is 3.22. The quantitative estimate of drug-likeness (QED) is 0.422. The molecule has 9 heteroatoms. The molecule has 33 heavy (non-hydrogen) atoms. The Hall–Kier alpha value is -2.61. The largest absolute Gasteiger partial charge is 0.366 e. The molecule has 1 saturated heterocycles. The van der Waals surface area contributed by atoms with Gasteiger partial charge in [0.05, 0.1) is 0 Å². The van der Waals surface area contributed by atoms with E-state index in [2.05, 4.69) is 26.4 Å². The van der Waals surface area contributed by atoms with E-state index < -0.39 is 0 Å². The summed E-state index contributed by atoms with van der Waals surface area (Å²) in [7, 11) is 6.17. The second kappa shape index (κ2) is 9.71. The molecule has 5 rings (SSSR count). The Kier molecular flexibility index (Phi) is 6.53. The second-order valence-electron chi connectivity index (χ2n) is 8.40. The van der Waals surface area contributed by atoms with Crippen LogP contribution in [-0.4, -0.2) is 45.4 Å². The van der Waals surface area contributed by atoms with Crippen molar-refractivity contribution in [1.82, 2.24) is 24.5 Å². The van der Waals surface area contributed by atoms with Gasteiger partial charge in [-0.05, 0) is 66.8 Å². The van der Waals surface area contributed by atoms with Gasteiger partial charge in [-0.15, -0.1) is 0 Å². The minimum absolute atomic E-state index is 0.356. The maximum Gasteiger partial charge on any atom is 0.150 e. The summed E-state index contributed by atoms with van der Waals surface area (Å²) in [6.45, 7) is 3.37.